The van der Waals surface area contributed by atoms with Gasteiger partial charge < -0.3 is 10.2 Å². The molecule has 2 N–H and O–H groups in total. The van der Waals surface area contributed by atoms with Gasteiger partial charge in [-0.15, -0.1) is 0 Å². The SMILES string of the molecule is O[C@@H]1CN(Cc2c(F)c(F)c(F)c(F)c2F)C[C@@H]1O. The van der Waals surface area contributed by atoms with Gasteiger partial charge in [-0.1, -0.05) is 0 Å². The maximum atomic E-state index is 13.4. The van der Waals surface area contributed by atoms with E-state index in [-0.39, 0.29) is 13.1 Å². The number of hydrogen-bond acceptors (Lipinski definition) is 3. The molecule has 106 valence electrons. The van der Waals surface area contributed by atoms with Crippen molar-refractivity contribution in [2.75, 3.05) is 13.1 Å². The molecule has 8 heteroatoms. The van der Waals surface area contributed by atoms with E-state index in [1.54, 1.807) is 0 Å². The van der Waals surface area contributed by atoms with Crippen molar-refractivity contribution in [2.45, 2.75) is 18.8 Å². The fourth-order valence-electron chi connectivity index (χ4n) is 1.99. The molecule has 2 rings (SSSR count). The predicted octanol–water partition coefficient (Wildman–Crippen LogP) is 0.919. The van der Waals surface area contributed by atoms with Crippen LogP contribution in [0.15, 0.2) is 0 Å². The van der Waals surface area contributed by atoms with E-state index in [0.717, 1.165) is 0 Å². The summed E-state index contributed by atoms with van der Waals surface area (Å²) in [6.45, 7) is -0.804. The number of nitrogens with zero attached hydrogens (tertiary/aromatic N) is 1. The molecule has 0 amide bonds. The van der Waals surface area contributed by atoms with Gasteiger partial charge in [0.15, 0.2) is 23.3 Å². The fraction of sp³-hybridized carbons (Fsp3) is 0.455. The Hall–Kier alpha value is -1.25. The van der Waals surface area contributed by atoms with Gasteiger partial charge in [0, 0.05) is 25.2 Å². The Morgan fingerprint density at radius 2 is 1.16 bits per heavy atom. The third kappa shape index (κ3) is 2.43. The zero-order valence-electron chi connectivity index (χ0n) is 9.51. The number of β-amino-alcohol motifs (C(OH)–C–C–N with tert-alkyl or cyclic N) is 2. The van der Waals surface area contributed by atoms with Crippen LogP contribution >= 0.6 is 0 Å². The number of halogens is 5. The Labute approximate surface area is 104 Å². The summed E-state index contributed by atoms with van der Waals surface area (Å²) in [5, 5.41) is 18.5. The summed E-state index contributed by atoms with van der Waals surface area (Å²) in [5.74, 6) is -10.0. The quantitative estimate of drug-likeness (QED) is 0.482. The minimum atomic E-state index is -2.21. The first kappa shape index (κ1) is 14.2. The Morgan fingerprint density at radius 1 is 0.789 bits per heavy atom. The standard InChI is InChI=1S/C11H10F5NO2/c12-7-4(1-17-2-5(18)6(19)3-17)8(13)10(15)11(16)9(7)14/h5-6,18-19H,1-3H2/t5-,6+. The number of hydrogen-bond donors (Lipinski definition) is 2. The molecule has 0 spiro atoms. The van der Waals surface area contributed by atoms with Crippen LogP contribution in [0.25, 0.3) is 0 Å². The van der Waals surface area contributed by atoms with Crippen molar-refractivity contribution in [3.63, 3.8) is 0 Å². The van der Waals surface area contributed by atoms with Crippen LogP contribution in [0.4, 0.5) is 22.0 Å². The van der Waals surface area contributed by atoms with Gasteiger partial charge in [-0.05, 0) is 0 Å². The zero-order valence-corrected chi connectivity index (χ0v) is 9.51. The molecule has 0 bridgehead atoms. The van der Waals surface area contributed by atoms with Crippen LogP contribution in [0.5, 0.6) is 0 Å². The van der Waals surface area contributed by atoms with Gasteiger partial charge in [-0.3, -0.25) is 4.90 Å². The van der Waals surface area contributed by atoms with Gasteiger partial charge in [0.1, 0.15) is 0 Å². The van der Waals surface area contributed by atoms with E-state index in [4.69, 9.17) is 0 Å². The lowest BCUT2D eigenvalue weighted by molar-refractivity contribution is 0.0572. The first-order valence-electron chi connectivity index (χ1n) is 5.41. The predicted molar refractivity (Wildman–Crippen MR) is 53.5 cm³/mol. The van der Waals surface area contributed by atoms with Crippen molar-refractivity contribution in [3.8, 4) is 0 Å². The molecule has 0 aliphatic carbocycles. The van der Waals surface area contributed by atoms with Crippen LogP contribution in [0.3, 0.4) is 0 Å². The minimum Gasteiger partial charge on any atom is -0.389 e. The lowest BCUT2D eigenvalue weighted by Crippen LogP contribution is -2.24. The summed E-state index contributed by atoms with van der Waals surface area (Å²) in [4.78, 5) is 1.20. The number of aliphatic hydroxyl groups is 2. The average molecular weight is 283 g/mol. The molecule has 0 aromatic heterocycles. The normalized spacial score (nSPS) is 24.2. The van der Waals surface area contributed by atoms with Gasteiger partial charge in [0.05, 0.1) is 12.2 Å². The van der Waals surface area contributed by atoms with Crippen LogP contribution in [-0.2, 0) is 6.54 Å². The van der Waals surface area contributed by atoms with E-state index >= 15 is 0 Å². The molecule has 1 fully saturated rings. The maximum Gasteiger partial charge on any atom is 0.200 e. The second kappa shape index (κ2) is 5.03. The number of benzene rings is 1. The second-order valence-electron chi connectivity index (χ2n) is 4.38. The van der Waals surface area contributed by atoms with E-state index in [9.17, 15) is 32.2 Å². The summed E-state index contributed by atoms with van der Waals surface area (Å²) < 4.78 is 65.5. The van der Waals surface area contributed by atoms with Crippen molar-refractivity contribution in [3.05, 3.63) is 34.6 Å². The highest BCUT2D eigenvalue weighted by Crippen LogP contribution is 2.25. The smallest absolute Gasteiger partial charge is 0.200 e. The summed E-state index contributed by atoms with van der Waals surface area (Å²) in [6, 6.07) is 0. The molecule has 0 unspecified atom stereocenters. The van der Waals surface area contributed by atoms with Crippen LogP contribution in [0, 0.1) is 29.1 Å². The maximum absolute atomic E-state index is 13.4. The molecule has 1 aliphatic rings. The number of rotatable bonds is 2. The van der Waals surface area contributed by atoms with Crippen LogP contribution in [0.2, 0.25) is 0 Å². The summed E-state index contributed by atoms with van der Waals surface area (Å²) in [5.41, 5.74) is -0.974. The lowest BCUT2D eigenvalue weighted by atomic mass is 10.1. The number of likely N-dealkylation sites (tertiary alicyclic amines) is 1. The topological polar surface area (TPSA) is 43.7 Å². The van der Waals surface area contributed by atoms with Crippen molar-refractivity contribution in [1.29, 1.82) is 0 Å². The second-order valence-corrected chi connectivity index (χ2v) is 4.38. The van der Waals surface area contributed by atoms with E-state index < -0.39 is 53.4 Å². The average Bonchev–Trinajstić information content (AvgIpc) is 2.69. The van der Waals surface area contributed by atoms with Crippen molar-refractivity contribution >= 4 is 0 Å². The van der Waals surface area contributed by atoms with Gasteiger partial charge in [0.25, 0.3) is 0 Å². The highest BCUT2D eigenvalue weighted by molar-refractivity contribution is 5.24. The largest absolute Gasteiger partial charge is 0.389 e. The molecule has 1 heterocycles. The molecule has 1 aliphatic heterocycles. The zero-order chi connectivity index (χ0) is 14.3. The molecule has 1 aromatic rings. The Kier molecular flexibility index (Phi) is 3.75. The van der Waals surface area contributed by atoms with E-state index in [0.29, 0.717) is 0 Å². The van der Waals surface area contributed by atoms with E-state index in [1.165, 1.54) is 4.90 Å². The molecule has 1 saturated heterocycles. The molecular weight excluding hydrogens is 273 g/mol. The van der Waals surface area contributed by atoms with Gasteiger partial charge in [-0.2, -0.15) is 0 Å². The van der Waals surface area contributed by atoms with Crippen LogP contribution < -0.4 is 0 Å². The molecule has 0 saturated carbocycles. The minimum absolute atomic E-state index is 0.110. The molecule has 1 aromatic carbocycles. The first-order valence-corrected chi connectivity index (χ1v) is 5.41. The Bertz CT molecular complexity index is 471. The number of aliphatic hydroxyl groups excluding tert-OH is 2. The third-order valence-electron chi connectivity index (χ3n) is 3.02. The Balaban J connectivity index is 2.31. The monoisotopic (exact) mass is 283 g/mol. The molecule has 19 heavy (non-hydrogen) atoms. The lowest BCUT2D eigenvalue weighted by Gasteiger charge is -2.16. The summed E-state index contributed by atoms with van der Waals surface area (Å²) >= 11 is 0. The van der Waals surface area contributed by atoms with E-state index in [2.05, 4.69) is 0 Å². The molecule has 2 atom stereocenters. The van der Waals surface area contributed by atoms with Crippen LogP contribution in [-0.4, -0.2) is 40.4 Å². The fourth-order valence-corrected chi connectivity index (χ4v) is 1.99. The molecular formula is C11H10F5NO2. The van der Waals surface area contributed by atoms with Gasteiger partial charge in [-0.25, -0.2) is 22.0 Å². The van der Waals surface area contributed by atoms with Gasteiger partial charge >= 0.3 is 0 Å². The first-order chi connectivity index (χ1) is 8.82. The molecule has 3 nitrogen and oxygen atoms in total. The van der Waals surface area contributed by atoms with Gasteiger partial charge in [0.2, 0.25) is 5.82 Å². The third-order valence-corrected chi connectivity index (χ3v) is 3.02. The van der Waals surface area contributed by atoms with E-state index in [1.807, 2.05) is 0 Å². The highest BCUT2D eigenvalue weighted by atomic mass is 19.2. The van der Waals surface area contributed by atoms with Crippen molar-refractivity contribution in [1.82, 2.24) is 4.90 Å². The Morgan fingerprint density at radius 3 is 1.58 bits per heavy atom. The highest BCUT2D eigenvalue weighted by Gasteiger charge is 2.32. The van der Waals surface area contributed by atoms with Crippen LogP contribution in [0.1, 0.15) is 5.56 Å². The summed E-state index contributed by atoms with van der Waals surface area (Å²) in [7, 11) is 0. The van der Waals surface area contributed by atoms with Crippen molar-refractivity contribution < 1.29 is 32.2 Å². The summed E-state index contributed by atoms with van der Waals surface area (Å²) in [6.07, 6.45) is -2.22. The van der Waals surface area contributed by atoms with Crippen molar-refractivity contribution in [2.24, 2.45) is 0 Å². The molecule has 0 radical (unpaired) electrons.